The molecule has 0 radical (unpaired) electrons. The summed E-state index contributed by atoms with van der Waals surface area (Å²) < 4.78 is 7.23. The summed E-state index contributed by atoms with van der Waals surface area (Å²) in [6, 6.07) is 6.55. The molecule has 0 saturated heterocycles. The van der Waals surface area contributed by atoms with Gasteiger partial charge in [0.05, 0.1) is 32.3 Å². The predicted molar refractivity (Wildman–Crippen MR) is 113 cm³/mol. The number of thioether (sulfide) groups is 1. The number of furan rings is 1. The quantitative estimate of drug-likeness (QED) is 0.275. The SMILES string of the molecule is C=CCn1c(SC(C)C(=O)Nc2cc(Cl)c(Cl)cc2Cl)nnc1-c1ccco1. The van der Waals surface area contributed by atoms with Crippen LogP contribution in [0.3, 0.4) is 0 Å². The van der Waals surface area contributed by atoms with Crippen molar-refractivity contribution in [2.24, 2.45) is 0 Å². The molecule has 1 atom stereocenters. The minimum atomic E-state index is -0.484. The van der Waals surface area contributed by atoms with Crippen LogP contribution < -0.4 is 5.32 Å². The predicted octanol–water partition coefficient (Wildman–Crippen LogP) is 5.80. The number of carbonyl (C=O) groups excluding carboxylic acids is 1. The van der Waals surface area contributed by atoms with Gasteiger partial charge in [-0.05, 0) is 31.2 Å². The van der Waals surface area contributed by atoms with Crippen LogP contribution in [-0.2, 0) is 11.3 Å². The first-order chi connectivity index (χ1) is 13.4. The van der Waals surface area contributed by atoms with Gasteiger partial charge >= 0.3 is 0 Å². The second-order valence-corrected chi connectivity index (χ2v) is 8.21. The summed E-state index contributed by atoms with van der Waals surface area (Å²) >= 11 is 19.3. The number of amides is 1. The topological polar surface area (TPSA) is 73.0 Å². The lowest BCUT2D eigenvalue weighted by atomic mass is 10.3. The van der Waals surface area contributed by atoms with Gasteiger partial charge in [0.1, 0.15) is 0 Å². The molecule has 3 aromatic rings. The molecule has 1 unspecified atom stereocenters. The fourth-order valence-corrected chi connectivity index (χ4v) is 3.77. The second kappa shape index (κ2) is 9.05. The van der Waals surface area contributed by atoms with Crippen LogP contribution in [0.25, 0.3) is 11.6 Å². The van der Waals surface area contributed by atoms with Crippen molar-refractivity contribution in [3.8, 4) is 11.6 Å². The standard InChI is InChI=1S/C18H15Cl3N4O2S/c1-3-6-25-16(15-5-4-7-27-15)23-24-18(25)28-10(2)17(26)22-14-9-12(20)11(19)8-13(14)21/h3-5,7-10H,1,6H2,2H3,(H,22,26). The van der Waals surface area contributed by atoms with Gasteiger partial charge in [0.15, 0.2) is 10.9 Å². The van der Waals surface area contributed by atoms with Crippen molar-refractivity contribution >= 4 is 58.2 Å². The normalized spacial score (nSPS) is 12.0. The maximum absolute atomic E-state index is 12.6. The van der Waals surface area contributed by atoms with Gasteiger partial charge in [-0.25, -0.2) is 0 Å². The molecule has 0 saturated carbocycles. The van der Waals surface area contributed by atoms with Gasteiger partial charge in [-0.1, -0.05) is 52.6 Å². The lowest BCUT2D eigenvalue weighted by Crippen LogP contribution is -2.23. The number of halogens is 3. The molecule has 2 aromatic heterocycles. The summed E-state index contributed by atoms with van der Waals surface area (Å²) in [7, 11) is 0. The number of hydrogen-bond donors (Lipinski definition) is 1. The highest BCUT2D eigenvalue weighted by Crippen LogP contribution is 2.33. The van der Waals surface area contributed by atoms with Crippen LogP contribution in [0.2, 0.25) is 15.1 Å². The molecular weight excluding hydrogens is 443 g/mol. The van der Waals surface area contributed by atoms with Crippen LogP contribution in [0.4, 0.5) is 5.69 Å². The van der Waals surface area contributed by atoms with Crippen LogP contribution >= 0.6 is 46.6 Å². The Balaban J connectivity index is 1.77. The molecule has 3 rings (SSSR count). The highest BCUT2D eigenvalue weighted by atomic mass is 35.5. The second-order valence-electron chi connectivity index (χ2n) is 5.68. The zero-order valence-electron chi connectivity index (χ0n) is 14.7. The van der Waals surface area contributed by atoms with Gasteiger partial charge in [0.25, 0.3) is 0 Å². The minimum absolute atomic E-state index is 0.266. The molecule has 6 nitrogen and oxygen atoms in total. The smallest absolute Gasteiger partial charge is 0.237 e. The van der Waals surface area contributed by atoms with Crippen molar-refractivity contribution in [2.75, 3.05) is 5.32 Å². The first-order valence-electron chi connectivity index (χ1n) is 8.10. The Morgan fingerprint density at radius 3 is 2.75 bits per heavy atom. The Kier molecular flexibility index (Phi) is 6.72. The van der Waals surface area contributed by atoms with Gasteiger partial charge in [-0.3, -0.25) is 9.36 Å². The number of nitrogens with one attached hydrogen (secondary N) is 1. The van der Waals surface area contributed by atoms with Gasteiger partial charge < -0.3 is 9.73 Å². The van der Waals surface area contributed by atoms with Gasteiger partial charge in [0.2, 0.25) is 11.7 Å². The van der Waals surface area contributed by atoms with Crippen LogP contribution in [0.1, 0.15) is 6.92 Å². The maximum atomic E-state index is 12.6. The van der Waals surface area contributed by atoms with Gasteiger partial charge in [0, 0.05) is 6.54 Å². The number of allylic oxidation sites excluding steroid dienone is 1. The molecule has 1 aromatic carbocycles. The Labute approximate surface area is 180 Å². The molecule has 28 heavy (non-hydrogen) atoms. The van der Waals surface area contributed by atoms with E-state index >= 15 is 0 Å². The molecule has 10 heteroatoms. The molecule has 1 amide bonds. The van der Waals surface area contributed by atoms with Crippen molar-refractivity contribution in [2.45, 2.75) is 23.9 Å². The summed E-state index contributed by atoms with van der Waals surface area (Å²) in [5.74, 6) is 0.881. The largest absolute Gasteiger partial charge is 0.461 e. The Bertz CT molecular complexity index is 1000. The molecule has 0 fully saturated rings. The van der Waals surface area contributed by atoms with E-state index in [-0.39, 0.29) is 5.91 Å². The molecule has 0 aliphatic rings. The molecule has 0 aliphatic carbocycles. The maximum Gasteiger partial charge on any atom is 0.237 e. The van der Waals surface area contributed by atoms with Gasteiger partial charge in [-0.15, -0.1) is 16.8 Å². The summed E-state index contributed by atoms with van der Waals surface area (Å²) in [6.07, 6.45) is 3.28. The molecule has 1 N–H and O–H groups in total. The monoisotopic (exact) mass is 456 g/mol. The van der Waals surface area contributed by atoms with E-state index in [0.717, 1.165) is 0 Å². The fraction of sp³-hybridized carbons (Fsp3) is 0.167. The molecule has 2 heterocycles. The molecule has 0 spiro atoms. The number of rotatable bonds is 7. The molecule has 0 aliphatic heterocycles. The van der Waals surface area contributed by atoms with Gasteiger partial charge in [-0.2, -0.15) is 0 Å². The average molecular weight is 458 g/mol. The van der Waals surface area contributed by atoms with Crippen molar-refractivity contribution in [1.29, 1.82) is 0 Å². The lowest BCUT2D eigenvalue weighted by Gasteiger charge is -2.14. The van der Waals surface area contributed by atoms with Crippen molar-refractivity contribution in [3.63, 3.8) is 0 Å². The number of nitrogens with zero attached hydrogens (tertiary/aromatic N) is 3. The van der Waals surface area contributed by atoms with Crippen LogP contribution in [0.15, 0.2) is 52.8 Å². The van der Waals surface area contributed by atoms with E-state index in [1.807, 2.05) is 4.57 Å². The molecule has 0 bridgehead atoms. The fourth-order valence-electron chi connectivity index (χ4n) is 2.32. The highest BCUT2D eigenvalue weighted by molar-refractivity contribution is 8.00. The van der Waals surface area contributed by atoms with E-state index in [2.05, 4.69) is 22.1 Å². The number of benzene rings is 1. The third kappa shape index (κ3) is 4.55. The van der Waals surface area contributed by atoms with Crippen molar-refractivity contribution in [3.05, 3.63) is 58.3 Å². The lowest BCUT2D eigenvalue weighted by molar-refractivity contribution is -0.115. The van der Waals surface area contributed by atoms with E-state index in [0.29, 0.717) is 44.0 Å². The Morgan fingerprint density at radius 1 is 1.32 bits per heavy atom. The molecule has 146 valence electrons. The zero-order chi connectivity index (χ0) is 20.3. The van der Waals surface area contributed by atoms with E-state index in [9.17, 15) is 4.79 Å². The highest BCUT2D eigenvalue weighted by Gasteiger charge is 2.22. The zero-order valence-corrected chi connectivity index (χ0v) is 17.7. The van der Waals surface area contributed by atoms with Crippen LogP contribution in [0, 0.1) is 0 Å². The molecular formula is C18H15Cl3N4O2S. The van der Waals surface area contributed by atoms with Crippen LogP contribution in [-0.4, -0.2) is 25.9 Å². The van der Waals surface area contributed by atoms with E-state index in [1.54, 1.807) is 31.4 Å². The first kappa shape index (κ1) is 20.8. The third-order valence-electron chi connectivity index (χ3n) is 3.69. The van der Waals surface area contributed by atoms with Crippen molar-refractivity contribution in [1.82, 2.24) is 14.8 Å². The number of hydrogen-bond acceptors (Lipinski definition) is 5. The summed E-state index contributed by atoms with van der Waals surface area (Å²) in [5.41, 5.74) is 0.386. The van der Waals surface area contributed by atoms with E-state index < -0.39 is 5.25 Å². The van der Waals surface area contributed by atoms with E-state index in [1.165, 1.54) is 23.9 Å². The Hall–Kier alpha value is -1.93. The summed E-state index contributed by atoms with van der Waals surface area (Å²) in [6.45, 7) is 5.99. The number of anilines is 1. The van der Waals surface area contributed by atoms with Crippen molar-refractivity contribution < 1.29 is 9.21 Å². The number of carbonyl (C=O) groups is 1. The third-order valence-corrected chi connectivity index (χ3v) is 5.80. The summed E-state index contributed by atoms with van der Waals surface area (Å²) in [5, 5.41) is 12.1. The summed E-state index contributed by atoms with van der Waals surface area (Å²) in [4.78, 5) is 12.6. The Morgan fingerprint density at radius 2 is 2.07 bits per heavy atom. The van der Waals surface area contributed by atoms with E-state index in [4.69, 9.17) is 39.2 Å². The van der Waals surface area contributed by atoms with Crippen LogP contribution in [0.5, 0.6) is 0 Å². The first-order valence-corrected chi connectivity index (χ1v) is 10.1. The number of aromatic nitrogens is 3. The average Bonchev–Trinajstić information content (AvgIpc) is 3.30. The minimum Gasteiger partial charge on any atom is -0.461 e.